The first-order valence-electron chi connectivity index (χ1n) is 7.72. The largest absolute Gasteiger partial charge is 0.493 e. The molecule has 0 aliphatic carbocycles. The minimum absolute atomic E-state index is 0.162. The lowest BCUT2D eigenvalue weighted by atomic mass is 10.2. The molecule has 1 aromatic carbocycles. The molecule has 0 aliphatic rings. The fourth-order valence-corrected chi connectivity index (χ4v) is 1.97. The van der Waals surface area contributed by atoms with Gasteiger partial charge in [0.15, 0.2) is 0 Å². The summed E-state index contributed by atoms with van der Waals surface area (Å²) in [5.74, 6) is 0.607. The summed E-state index contributed by atoms with van der Waals surface area (Å²) in [6.45, 7) is 8.51. The smallest absolute Gasteiger partial charge is 0.305 e. The van der Waals surface area contributed by atoms with E-state index in [-0.39, 0.29) is 6.42 Å². The molecule has 0 amide bonds. The van der Waals surface area contributed by atoms with Crippen molar-refractivity contribution in [2.24, 2.45) is 5.92 Å². The van der Waals surface area contributed by atoms with E-state index in [0.717, 1.165) is 30.8 Å². The lowest BCUT2D eigenvalue weighted by molar-refractivity contribution is -0.136. The second kappa shape index (κ2) is 9.27. The van der Waals surface area contributed by atoms with Crippen LogP contribution >= 0.6 is 0 Å². The van der Waals surface area contributed by atoms with Gasteiger partial charge in [-0.1, -0.05) is 27.2 Å². The molecular formula is C17H27NO3. The Hall–Kier alpha value is -1.71. The Balaban J connectivity index is 2.65. The third kappa shape index (κ3) is 7.02. The van der Waals surface area contributed by atoms with Gasteiger partial charge in [-0.15, -0.1) is 0 Å². The Kier molecular flexibility index (Phi) is 7.65. The van der Waals surface area contributed by atoms with Gasteiger partial charge in [0, 0.05) is 18.8 Å². The van der Waals surface area contributed by atoms with Crippen molar-refractivity contribution < 1.29 is 14.6 Å². The minimum Gasteiger partial charge on any atom is -0.493 e. The molecule has 118 valence electrons. The summed E-state index contributed by atoms with van der Waals surface area (Å²) in [6.07, 6.45) is 2.32. The number of hydrogen-bond donors (Lipinski definition) is 1. The van der Waals surface area contributed by atoms with E-state index in [0.29, 0.717) is 19.1 Å². The fourth-order valence-electron chi connectivity index (χ4n) is 1.97. The van der Waals surface area contributed by atoms with Crippen molar-refractivity contribution in [2.45, 2.75) is 40.0 Å². The summed E-state index contributed by atoms with van der Waals surface area (Å²) in [6, 6.07) is 7.93. The molecule has 0 atom stereocenters. The van der Waals surface area contributed by atoms with E-state index in [2.05, 4.69) is 25.7 Å². The maximum atomic E-state index is 10.8. The number of hydrogen-bond acceptors (Lipinski definition) is 3. The van der Waals surface area contributed by atoms with E-state index >= 15 is 0 Å². The molecule has 0 fully saturated rings. The molecule has 0 spiro atoms. The summed E-state index contributed by atoms with van der Waals surface area (Å²) in [5, 5.41) is 8.85. The van der Waals surface area contributed by atoms with Gasteiger partial charge >= 0.3 is 5.97 Å². The number of nitrogens with zero attached hydrogens (tertiary/aromatic N) is 1. The van der Waals surface area contributed by atoms with Gasteiger partial charge < -0.3 is 14.7 Å². The minimum atomic E-state index is -0.756. The molecule has 0 radical (unpaired) electrons. The van der Waals surface area contributed by atoms with Crippen LogP contribution in [0.3, 0.4) is 0 Å². The van der Waals surface area contributed by atoms with Gasteiger partial charge in [-0.05, 0) is 36.6 Å². The summed E-state index contributed by atoms with van der Waals surface area (Å²) >= 11 is 0. The van der Waals surface area contributed by atoms with Crippen molar-refractivity contribution in [1.29, 1.82) is 0 Å². The Morgan fingerprint density at radius 2 is 1.90 bits per heavy atom. The fraction of sp³-hybridized carbons (Fsp3) is 0.588. The molecule has 1 N–H and O–H groups in total. The predicted molar refractivity (Wildman–Crippen MR) is 86.1 cm³/mol. The number of unbranched alkanes of at least 4 members (excludes halogenated alkanes) is 1. The number of aliphatic carboxylic acids is 1. The summed E-state index contributed by atoms with van der Waals surface area (Å²) in [4.78, 5) is 12.9. The van der Waals surface area contributed by atoms with Crippen LogP contribution in [0, 0.1) is 5.92 Å². The standard InChI is InChI=1S/C17H27NO3/c1-4-5-11-18(12-10-17(19)20)15-6-8-16(9-7-15)21-13-14(2)3/h6-9,14H,4-5,10-13H2,1-3H3,(H,19,20). The van der Waals surface area contributed by atoms with Crippen LogP contribution < -0.4 is 9.64 Å². The van der Waals surface area contributed by atoms with E-state index in [1.54, 1.807) is 0 Å². The Morgan fingerprint density at radius 1 is 1.24 bits per heavy atom. The lowest BCUT2D eigenvalue weighted by Crippen LogP contribution is -2.27. The van der Waals surface area contributed by atoms with Gasteiger partial charge in [0.2, 0.25) is 0 Å². The monoisotopic (exact) mass is 293 g/mol. The van der Waals surface area contributed by atoms with E-state index < -0.39 is 5.97 Å². The van der Waals surface area contributed by atoms with Gasteiger partial charge in [0.05, 0.1) is 13.0 Å². The molecule has 0 aromatic heterocycles. The SMILES string of the molecule is CCCCN(CCC(=O)O)c1ccc(OCC(C)C)cc1. The number of carboxylic acid groups (broad SMARTS) is 1. The van der Waals surface area contributed by atoms with Crippen LogP contribution in [0.2, 0.25) is 0 Å². The van der Waals surface area contributed by atoms with Crippen LogP contribution in [0.15, 0.2) is 24.3 Å². The number of carbonyl (C=O) groups is 1. The maximum absolute atomic E-state index is 10.8. The molecule has 0 heterocycles. The molecule has 4 nitrogen and oxygen atoms in total. The first-order valence-corrected chi connectivity index (χ1v) is 7.72. The second-order valence-corrected chi connectivity index (χ2v) is 5.68. The van der Waals surface area contributed by atoms with Gasteiger partial charge in [0.1, 0.15) is 5.75 Å². The number of ether oxygens (including phenoxy) is 1. The van der Waals surface area contributed by atoms with E-state index in [1.165, 1.54) is 0 Å². The van der Waals surface area contributed by atoms with Crippen LogP contribution in [0.25, 0.3) is 0 Å². The van der Waals surface area contributed by atoms with Crippen molar-refractivity contribution in [2.75, 3.05) is 24.6 Å². The van der Waals surface area contributed by atoms with Crippen LogP contribution in [0.4, 0.5) is 5.69 Å². The molecule has 21 heavy (non-hydrogen) atoms. The number of anilines is 1. The van der Waals surface area contributed by atoms with Gasteiger partial charge in [-0.25, -0.2) is 0 Å². The zero-order valence-electron chi connectivity index (χ0n) is 13.3. The van der Waals surface area contributed by atoms with Crippen LogP contribution in [-0.2, 0) is 4.79 Å². The summed E-state index contributed by atoms with van der Waals surface area (Å²) in [5.41, 5.74) is 1.06. The highest BCUT2D eigenvalue weighted by molar-refractivity contribution is 5.67. The summed E-state index contributed by atoms with van der Waals surface area (Å²) < 4.78 is 5.67. The van der Waals surface area contributed by atoms with Crippen molar-refractivity contribution in [3.63, 3.8) is 0 Å². The number of benzene rings is 1. The molecule has 1 rings (SSSR count). The van der Waals surface area contributed by atoms with E-state index in [1.807, 2.05) is 24.3 Å². The number of rotatable bonds is 10. The Bertz CT molecular complexity index is 415. The zero-order valence-corrected chi connectivity index (χ0v) is 13.3. The first-order chi connectivity index (χ1) is 10.0. The highest BCUT2D eigenvalue weighted by Crippen LogP contribution is 2.20. The molecule has 1 aromatic rings. The Morgan fingerprint density at radius 3 is 2.43 bits per heavy atom. The molecule has 0 bridgehead atoms. The second-order valence-electron chi connectivity index (χ2n) is 5.68. The van der Waals surface area contributed by atoms with Gasteiger partial charge in [0.25, 0.3) is 0 Å². The quantitative estimate of drug-likeness (QED) is 0.713. The molecule has 0 unspecified atom stereocenters. The predicted octanol–water partition coefficient (Wildman–Crippen LogP) is 3.80. The molecular weight excluding hydrogens is 266 g/mol. The lowest BCUT2D eigenvalue weighted by Gasteiger charge is -2.24. The normalized spacial score (nSPS) is 10.7. The van der Waals surface area contributed by atoms with Gasteiger partial charge in [-0.3, -0.25) is 4.79 Å². The number of carboxylic acids is 1. The van der Waals surface area contributed by atoms with Crippen molar-refractivity contribution >= 4 is 11.7 Å². The first kappa shape index (κ1) is 17.3. The molecule has 0 saturated carbocycles. The zero-order chi connectivity index (χ0) is 15.7. The van der Waals surface area contributed by atoms with Crippen molar-refractivity contribution in [3.05, 3.63) is 24.3 Å². The summed E-state index contributed by atoms with van der Waals surface area (Å²) in [7, 11) is 0. The van der Waals surface area contributed by atoms with E-state index in [9.17, 15) is 4.79 Å². The van der Waals surface area contributed by atoms with Crippen LogP contribution in [-0.4, -0.2) is 30.8 Å². The molecule has 0 saturated heterocycles. The van der Waals surface area contributed by atoms with Crippen molar-refractivity contribution in [1.82, 2.24) is 0 Å². The van der Waals surface area contributed by atoms with E-state index in [4.69, 9.17) is 9.84 Å². The highest BCUT2D eigenvalue weighted by Gasteiger charge is 2.08. The topological polar surface area (TPSA) is 49.8 Å². The average Bonchev–Trinajstić information content (AvgIpc) is 2.46. The van der Waals surface area contributed by atoms with Crippen LogP contribution in [0.5, 0.6) is 5.75 Å². The Labute approximate surface area is 127 Å². The third-order valence-corrected chi connectivity index (χ3v) is 3.16. The molecule has 0 aliphatic heterocycles. The average molecular weight is 293 g/mol. The maximum Gasteiger partial charge on any atom is 0.305 e. The highest BCUT2D eigenvalue weighted by atomic mass is 16.5. The molecule has 4 heteroatoms. The van der Waals surface area contributed by atoms with Crippen LogP contribution in [0.1, 0.15) is 40.0 Å². The third-order valence-electron chi connectivity index (χ3n) is 3.16. The van der Waals surface area contributed by atoms with Crippen molar-refractivity contribution in [3.8, 4) is 5.75 Å². The van der Waals surface area contributed by atoms with Gasteiger partial charge in [-0.2, -0.15) is 0 Å².